The zero-order chi connectivity index (χ0) is 15.4. The number of hydrogen-bond donors (Lipinski definition) is 1. The van der Waals surface area contributed by atoms with Crippen molar-refractivity contribution in [3.63, 3.8) is 0 Å². The molecule has 2 aromatic heterocycles. The Bertz CT molecular complexity index is 758. The van der Waals surface area contributed by atoms with Crippen molar-refractivity contribution in [3.8, 4) is 0 Å². The molecule has 1 aromatic carbocycles. The molecule has 22 heavy (non-hydrogen) atoms. The molecule has 114 valence electrons. The molecular weight excluding hydrogens is 304 g/mol. The van der Waals surface area contributed by atoms with Crippen LogP contribution in [0.3, 0.4) is 0 Å². The average molecular weight is 319 g/mol. The molecule has 7 heteroatoms. The van der Waals surface area contributed by atoms with E-state index in [1.807, 2.05) is 24.3 Å². The highest BCUT2D eigenvalue weighted by atomic mass is 35.5. The number of oxazole rings is 1. The molecule has 0 bridgehead atoms. The fraction of sp³-hybridized carbons (Fsp3) is 0.267. The van der Waals surface area contributed by atoms with Gasteiger partial charge < -0.3 is 14.5 Å². The fourth-order valence-corrected chi connectivity index (χ4v) is 2.13. The first kappa shape index (κ1) is 14.7. The standard InChI is InChI=1S/C15H15ClN4O2/c1-10-20-13-14(18-9-19-15(13)22-10)17-6-7-21-8-11-2-4-12(16)5-3-11/h2-5,9H,6-8H2,1H3,(H,17,18,19). The van der Waals surface area contributed by atoms with Gasteiger partial charge in [-0.1, -0.05) is 23.7 Å². The first-order chi connectivity index (χ1) is 10.7. The van der Waals surface area contributed by atoms with Gasteiger partial charge in [-0.3, -0.25) is 0 Å². The Morgan fingerprint density at radius 3 is 2.86 bits per heavy atom. The van der Waals surface area contributed by atoms with Crippen LogP contribution in [-0.4, -0.2) is 28.1 Å². The Labute approximate surface area is 132 Å². The lowest BCUT2D eigenvalue weighted by Gasteiger charge is -2.07. The first-order valence-corrected chi connectivity index (χ1v) is 7.24. The molecule has 3 aromatic rings. The molecule has 3 rings (SSSR count). The predicted molar refractivity (Wildman–Crippen MR) is 83.9 cm³/mol. The van der Waals surface area contributed by atoms with Crippen molar-refractivity contribution in [2.24, 2.45) is 0 Å². The largest absolute Gasteiger partial charge is 0.422 e. The third-order valence-electron chi connectivity index (χ3n) is 3.02. The molecule has 6 nitrogen and oxygen atoms in total. The summed E-state index contributed by atoms with van der Waals surface area (Å²) in [5.41, 5.74) is 2.20. The van der Waals surface area contributed by atoms with Crippen LogP contribution in [0.25, 0.3) is 11.2 Å². The van der Waals surface area contributed by atoms with Gasteiger partial charge >= 0.3 is 0 Å². The summed E-state index contributed by atoms with van der Waals surface area (Å²) in [4.78, 5) is 12.5. The zero-order valence-corrected chi connectivity index (χ0v) is 12.8. The summed E-state index contributed by atoms with van der Waals surface area (Å²) in [6.07, 6.45) is 1.45. The second-order valence-corrected chi connectivity index (χ2v) is 5.15. The normalized spacial score (nSPS) is 11.0. The maximum atomic E-state index is 5.84. The van der Waals surface area contributed by atoms with Crippen LogP contribution >= 0.6 is 11.6 Å². The summed E-state index contributed by atoms with van der Waals surface area (Å²) in [5, 5.41) is 3.90. The molecule has 0 saturated carbocycles. The molecule has 0 fully saturated rings. The molecule has 1 N–H and O–H groups in total. The summed E-state index contributed by atoms with van der Waals surface area (Å²) in [6, 6.07) is 7.59. The third-order valence-corrected chi connectivity index (χ3v) is 3.28. The summed E-state index contributed by atoms with van der Waals surface area (Å²) in [5.74, 6) is 1.22. The van der Waals surface area contributed by atoms with Crippen LogP contribution in [0, 0.1) is 6.92 Å². The van der Waals surface area contributed by atoms with Crippen LogP contribution < -0.4 is 5.32 Å². The van der Waals surface area contributed by atoms with Gasteiger partial charge in [-0.15, -0.1) is 0 Å². The number of hydrogen-bond acceptors (Lipinski definition) is 6. The van der Waals surface area contributed by atoms with E-state index in [0.29, 0.717) is 42.7 Å². The highest BCUT2D eigenvalue weighted by Gasteiger charge is 2.09. The number of aromatic nitrogens is 3. The van der Waals surface area contributed by atoms with E-state index in [-0.39, 0.29) is 0 Å². The zero-order valence-electron chi connectivity index (χ0n) is 12.0. The van der Waals surface area contributed by atoms with Gasteiger partial charge in [-0.05, 0) is 17.7 Å². The minimum absolute atomic E-state index is 0.483. The number of benzene rings is 1. The Hall–Kier alpha value is -2.18. The van der Waals surface area contributed by atoms with Gasteiger partial charge in [-0.25, -0.2) is 9.97 Å². The van der Waals surface area contributed by atoms with Gasteiger partial charge in [0.25, 0.3) is 5.71 Å². The van der Waals surface area contributed by atoms with Crippen molar-refractivity contribution < 1.29 is 9.15 Å². The van der Waals surface area contributed by atoms with Crippen molar-refractivity contribution in [2.45, 2.75) is 13.5 Å². The smallest absolute Gasteiger partial charge is 0.252 e. The first-order valence-electron chi connectivity index (χ1n) is 6.86. The number of aryl methyl sites for hydroxylation is 1. The number of ether oxygens (including phenoxy) is 1. The SMILES string of the molecule is Cc1nc2c(NCCOCc3ccc(Cl)cc3)ncnc2o1. The molecule has 0 aliphatic rings. The molecule has 2 heterocycles. The number of nitrogens with zero attached hydrogens (tertiary/aromatic N) is 3. The minimum atomic E-state index is 0.483. The number of anilines is 1. The Morgan fingerprint density at radius 1 is 1.23 bits per heavy atom. The summed E-state index contributed by atoms with van der Waals surface area (Å²) in [7, 11) is 0. The number of halogens is 1. The molecule has 0 spiro atoms. The van der Waals surface area contributed by atoms with E-state index in [0.717, 1.165) is 10.6 Å². The van der Waals surface area contributed by atoms with E-state index in [2.05, 4.69) is 20.3 Å². The molecule has 0 amide bonds. The molecule has 0 aliphatic heterocycles. The minimum Gasteiger partial charge on any atom is -0.422 e. The van der Waals surface area contributed by atoms with Gasteiger partial charge in [0, 0.05) is 18.5 Å². The van der Waals surface area contributed by atoms with Crippen molar-refractivity contribution in [1.29, 1.82) is 0 Å². The lowest BCUT2D eigenvalue weighted by Crippen LogP contribution is -2.10. The fourth-order valence-electron chi connectivity index (χ4n) is 2.00. The van der Waals surface area contributed by atoms with Crippen LogP contribution in [0.15, 0.2) is 35.0 Å². The van der Waals surface area contributed by atoms with E-state index < -0.39 is 0 Å². The van der Waals surface area contributed by atoms with Gasteiger partial charge in [0.15, 0.2) is 17.2 Å². The second kappa shape index (κ2) is 6.72. The van der Waals surface area contributed by atoms with Gasteiger partial charge in [0.05, 0.1) is 13.2 Å². The van der Waals surface area contributed by atoms with E-state index in [1.54, 1.807) is 6.92 Å². The van der Waals surface area contributed by atoms with Crippen LogP contribution in [0.4, 0.5) is 5.82 Å². The maximum absolute atomic E-state index is 5.84. The quantitative estimate of drug-likeness (QED) is 0.704. The van der Waals surface area contributed by atoms with Crippen molar-refractivity contribution in [1.82, 2.24) is 15.0 Å². The van der Waals surface area contributed by atoms with Crippen LogP contribution in [0.5, 0.6) is 0 Å². The van der Waals surface area contributed by atoms with E-state index in [1.165, 1.54) is 6.33 Å². The van der Waals surface area contributed by atoms with Gasteiger partial charge in [-0.2, -0.15) is 4.98 Å². The van der Waals surface area contributed by atoms with E-state index >= 15 is 0 Å². The average Bonchev–Trinajstić information content (AvgIpc) is 2.90. The highest BCUT2D eigenvalue weighted by Crippen LogP contribution is 2.18. The molecule has 0 aliphatic carbocycles. The summed E-state index contributed by atoms with van der Waals surface area (Å²) >= 11 is 5.84. The second-order valence-electron chi connectivity index (χ2n) is 4.71. The number of nitrogens with one attached hydrogen (secondary N) is 1. The Kier molecular flexibility index (Phi) is 4.50. The lowest BCUT2D eigenvalue weighted by atomic mass is 10.2. The van der Waals surface area contributed by atoms with Crippen LogP contribution in [0.1, 0.15) is 11.5 Å². The number of fused-ring (bicyclic) bond motifs is 1. The van der Waals surface area contributed by atoms with E-state index in [9.17, 15) is 0 Å². The van der Waals surface area contributed by atoms with Gasteiger partial charge in [0.2, 0.25) is 0 Å². The molecule has 0 unspecified atom stereocenters. The van der Waals surface area contributed by atoms with Crippen LogP contribution in [-0.2, 0) is 11.3 Å². The number of rotatable bonds is 6. The third kappa shape index (κ3) is 3.52. The molecule has 0 radical (unpaired) electrons. The monoisotopic (exact) mass is 318 g/mol. The Balaban J connectivity index is 1.49. The maximum Gasteiger partial charge on any atom is 0.252 e. The summed E-state index contributed by atoms with van der Waals surface area (Å²) in [6.45, 7) is 3.48. The highest BCUT2D eigenvalue weighted by molar-refractivity contribution is 6.30. The van der Waals surface area contributed by atoms with Crippen LogP contribution in [0.2, 0.25) is 5.02 Å². The molecule has 0 atom stereocenters. The predicted octanol–water partition coefficient (Wildman–Crippen LogP) is 3.21. The van der Waals surface area contributed by atoms with Crippen molar-refractivity contribution >= 4 is 28.6 Å². The topological polar surface area (TPSA) is 73.1 Å². The van der Waals surface area contributed by atoms with Crippen molar-refractivity contribution in [3.05, 3.63) is 47.1 Å². The van der Waals surface area contributed by atoms with E-state index in [4.69, 9.17) is 20.8 Å². The molecular formula is C15H15ClN4O2. The lowest BCUT2D eigenvalue weighted by molar-refractivity contribution is 0.130. The van der Waals surface area contributed by atoms with Gasteiger partial charge in [0.1, 0.15) is 6.33 Å². The Morgan fingerprint density at radius 2 is 2.05 bits per heavy atom. The summed E-state index contributed by atoms with van der Waals surface area (Å²) < 4.78 is 11.0. The molecule has 0 saturated heterocycles. The van der Waals surface area contributed by atoms with Crippen molar-refractivity contribution in [2.75, 3.05) is 18.5 Å².